The van der Waals surface area contributed by atoms with Gasteiger partial charge in [-0.3, -0.25) is 0 Å². The van der Waals surface area contributed by atoms with Gasteiger partial charge in [-0.15, -0.1) is 0 Å². The van der Waals surface area contributed by atoms with E-state index in [0.29, 0.717) is 0 Å². The molecule has 3 nitrogen and oxygen atoms in total. The zero-order valence-electron chi connectivity index (χ0n) is 6.17. The lowest BCUT2D eigenvalue weighted by Gasteiger charge is -1.99. The van der Waals surface area contributed by atoms with Gasteiger partial charge in [0.25, 0.3) is 0 Å². The summed E-state index contributed by atoms with van der Waals surface area (Å²) in [5, 5.41) is 0.191. The molecule has 12 heavy (non-hydrogen) atoms. The third-order valence-electron chi connectivity index (χ3n) is 1.21. The predicted octanol–water partition coefficient (Wildman–Crippen LogP) is 1.66. The van der Waals surface area contributed by atoms with Crippen molar-refractivity contribution >= 4 is 17.6 Å². The van der Waals surface area contributed by atoms with E-state index in [-0.39, 0.29) is 10.6 Å². The van der Waals surface area contributed by atoms with E-state index in [1.54, 1.807) is 0 Å². The van der Waals surface area contributed by atoms with Crippen LogP contribution >= 0.6 is 11.6 Å². The van der Waals surface area contributed by atoms with Crippen LogP contribution in [0.15, 0.2) is 12.3 Å². The van der Waals surface area contributed by atoms with Crippen molar-refractivity contribution in [2.24, 2.45) is 0 Å². The van der Waals surface area contributed by atoms with E-state index in [1.165, 1.54) is 0 Å². The molecule has 0 fully saturated rings. The van der Waals surface area contributed by atoms with Gasteiger partial charge < -0.3 is 4.74 Å². The van der Waals surface area contributed by atoms with Gasteiger partial charge in [-0.25, -0.2) is 9.78 Å². The Hall–Kier alpha value is -1.16. The van der Waals surface area contributed by atoms with E-state index in [0.717, 1.165) is 19.4 Å². The molecule has 1 rings (SSSR count). The van der Waals surface area contributed by atoms with E-state index >= 15 is 0 Å². The number of aromatic nitrogens is 1. The largest absolute Gasteiger partial charge is 0.465 e. The van der Waals surface area contributed by atoms with Crippen molar-refractivity contribution in [1.29, 1.82) is 0 Å². The number of ether oxygens (including phenoxy) is 1. The first kappa shape index (κ1) is 8.93. The Kier molecular flexibility index (Phi) is 2.60. The van der Waals surface area contributed by atoms with Crippen LogP contribution in [0.5, 0.6) is 0 Å². The number of hydrogen-bond acceptors (Lipinski definition) is 3. The first-order valence-corrected chi connectivity index (χ1v) is 3.42. The summed E-state index contributed by atoms with van der Waals surface area (Å²) in [6, 6.07) is 1.16. The van der Waals surface area contributed by atoms with Crippen molar-refractivity contribution in [2.45, 2.75) is 0 Å². The van der Waals surface area contributed by atoms with Crippen molar-refractivity contribution in [3.8, 4) is 0 Å². The summed E-state index contributed by atoms with van der Waals surface area (Å²) in [6.07, 6.45) is 1.11. The molecule has 0 radical (unpaired) electrons. The normalized spacial score (nSPS) is 9.58. The molecule has 1 heterocycles. The minimum absolute atomic E-state index is 0.191. The molecule has 1 aromatic heterocycles. The first-order valence-electron chi connectivity index (χ1n) is 3.04. The number of hydrogen-bond donors (Lipinski definition) is 0. The summed E-state index contributed by atoms with van der Waals surface area (Å²) >= 11 is 5.48. The molecule has 0 bridgehead atoms. The molecule has 64 valence electrons. The van der Waals surface area contributed by atoms with Crippen LogP contribution < -0.4 is 0 Å². The summed E-state index contributed by atoms with van der Waals surface area (Å²) < 4.78 is 17.0. The second kappa shape index (κ2) is 3.49. The van der Waals surface area contributed by atoms with Crippen LogP contribution in [0.1, 0.15) is 10.4 Å². The molecule has 0 saturated carbocycles. The summed E-state index contributed by atoms with van der Waals surface area (Å²) in [6.45, 7) is 0. The maximum atomic E-state index is 12.7. The van der Waals surface area contributed by atoms with Crippen molar-refractivity contribution in [3.05, 3.63) is 28.8 Å². The number of carbonyl (C=O) groups is 1. The van der Waals surface area contributed by atoms with Gasteiger partial charge in [0.2, 0.25) is 5.95 Å². The minimum atomic E-state index is -0.883. The molecule has 0 atom stereocenters. The highest BCUT2D eigenvalue weighted by molar-refractivity contribution is 6.30. The fraction of sp³-hybridized carbons (Fsp3) is 0.143. The second-order valence-electron chi connectivity index (χ2n) is 1.98. The van der Waals surface area contributed by atoms with Gasteiger partial charge in [-0.2, -0.15) is 4.39 Å². The number of nitrogens with zero attached hydrogens (tertiary/aromatic N) is 1. The molecule has 0 aliphatic heterocycles. The molecular weight excluding hydrogens is 185 g/mol. The van der Waals surface area contributed by atoms with Gasteiger partial charge in [0, 0.05) is 6.20 Å². The van der Waals surface area contributed by atoms with Gasteiger partial charge >= 0.3 is 5.97 Å². The highest BCUT2D eigenvalue weighted by atomic mass is 35.5. The fourth-order valence-electron chi connectivity index (χ4n) is 0.676. The molecule has 0 aliphatic rings. The summed E-state index contributed by atoms with van der Waals surface area (Å²) in [7, 11) is 1.16. The molecule has 5 heteroatoms. The maximum absolute atomic E-state index is 12.7. The molecule has 0 N–H and O–H groups in total. The fourth-order valence-corrected chi connectivity index (χ4v) is 0.834. The summed E-state index contributed by atoms with van der Waals surface area (Å²) in [5.74, 6) is -1.67. The van der Waals surface area contributed by atoms with Crippen LogP contribution in [0, 0.1) is 5.95 Å². The van der Waals surface area contributed by atoms with E-state index in [4.69, 9.17) is 11.6 Å². The average molecular weight is 190 g/mol. The van der Waals surface area contributed by atoms with Crippen LogP contribution in [0.4, 0.5) is 4.39 Å². The lowest BCUT2D eigenvalue weighted by atomic mass is 10.3. The number of pyridine rings is 1. The van der Waals surface area contributed by atoms with E-state index in [1.807, 2.05) is 0 Å². The highest BCUT2D eigenvalue weighted by Gasteiger charge is 2.13. The van der Waals surface area contributed by atoms with E-state index in [2.05, 4.69) is 9.72 Å². The quantitative estimate of drug-likeness (QED) is 0.498. The zero-order valence-corrected chi connectivity index (χ0v) is 6.93. The lowest BCUT2D eigenvalue weighted by Crippen LogP contribution is -2.05. The van der Waals surface area contributed by atoms with Gasteiger partial charge in [0.1, 0.15) is 5.56 Å². The molecule has 0 aliphatic carbocycles. The topological polar surface area (TPSA) is 39.2 Å². The minimum Gasteiger partial charge on any atom is -0.465 e. The van der Waals surface area contributed by atoms with Gasteiger partial charge in [0.05, 0.1) is 12.1 Å². The zero-order chi connectivity index (χ0) is 9.14. The van der Waals surface area contributed by atoms with Crippen LogP contribution in [-0.2, 0) is 4.74 Å². The van der Waals surface area contributed by atoms with Crippen molar-refractivity contribution < 1.29 is 13.9 Å². The summed E-state index contributed by atoms with van der Waals surface area (Å²) in [4.78, 5) is 14.1. The van der Waals surface area contributed by atoms with Crippen LogP contribution in [0.25, 0.3) is 0 Å². The lowest BCUT2D eigenvalue weighted by molar-refractivity contribution is 0.0594. The molecule has 0 unspecified atom stereocenters. The monoisotopic (exact) mass is 189 g/mol. The van der Waals surface area contributed by atoms with Crippen LogP contribution in [-0.4, -0.2) is 18.1 Å². The van der Waals surface area contributed by atoms with Crippen molar-refractivity contribution in [1.82, 2.24) is 4.98 Å². The third-order valence-corrected chi connectivity index (χ3v) is 1.42. The molecule has 1 aromatic rings. The number of rotatable bonds is 1. The van der Waals surface area contributed by atoms with Crippen LogP contribution in [0.2, 0.25) is 5.02 Å². The predicted molar refractivity (Wildman–Crippen MR) is 40.5 cm³/mol. The molecule has 0 spiro atoms. The van der Waals surface area contributed by atoms with Gasteiger partial charge in [0.15, 0.2) is 0 Å². The molecule has 0 amide bonds. The Bertz CT molecular complexity index is 316. The Morgan fingerprint density at radius 1 is 1.75 bits per heavy atom. The average Bonchev–Trinajstić information content (AvgIpc) is 2.08. The Labute approximate surface area is 73.1 Å². The number of methoxy groups -OCH3 is 1. The van der Waals surface area contributed by atoms with Gasteiger partial charge in [-0.05, 0) is 6.07 Å². The smallest absolute Gasteiger partial charge is 0.342 e. The number of esters is 1. The number of halogens is 2. The first-order chi connectivity index (χ1) is 5.65. The van der Waals surface area contributed by atoms with Crippen molar-refractivity contribution in [2.75, 3.05) is 7.11 Å². The maximum Gasteiger partial charge on any atom is 0.342 e. The Morgan fingerprint density at radius 2 is 2.42 bits per heavy atom. The summed E-state index contributed by atoms with van der Waals surface area (Å²) in [5.41, 5.74) is -0.259. The molecule has 0 aromatic carbocycles. The van der Waals surface area contributed by atoms with Crippen LogP contribution in [0.3, 0.4) is 0 Å². The van der Waals surface area contributed by atoms with E-state index in [9.17, 15) is 9.18 Å². The van der Waals surface area contributed by atoms with E-state index < -0.39 is 11.9 Å². The Morgan fingerprint density at radius 3 is 3.00 bits per heavy atom. The second-order valence-corrected chi connectivity index (χ2v) is 2.42. The number of carbonyl (C=O) groups excluding carboxylic acids is 1. The standard InChI is InChI=1S/C7H5ClFNO2/c1-12-7(11)5-2-4(8)3-10-6(5)9/h2-3H,1H3. The highest BCUT2D eigenvalue weighted by Crippen LogP contribution is 2.12. The van der Waals surface area contributed by atoms with Crippen molar-refractivity contribution in [3.63, 3.8) is 0 Å². The van der Waals surface area contributed by atoms with Gasteiger partial charge in [-0.1, -0.05) is 11.6 Å². The molecular formula is C7H5ClFNO2. The third kappa shape index (κ3) is 1.71. The molecule has 0 saturated heterocycles. The Balaban J connectivity index is 3.13. The SMILES string of the molecule is COC(=O)c1cc(Cl)cnc1F.